The number of hydrogen-bond acceptors (Lipinski definition) is 13. The van der Waals surface area contributed by atoms with Crippen LogP contribution in [0.5, 0.6) is 0 Å². The molecule has 1 aromatic rings. The molecule has 0 fully saturated rings. The van der Waals surface area contributed by atoms with Gasteiger partial charge in [-0.05, 0) is 53.5 Å². The molecule has 1 aliphatic heterocycles. The zero-order valence-corrected chi connectivity index (χ0v) is 34.1. The molecule has 1 heterocycles. The van der Waals surface area contributed by atoms with Crippen molar-refractivity contribution in [3.05, 3.63) is 48.0 Å². The molecule has 8 amide bonds. The number of carboxylic acid groups (broad SMARTS) is 1. The molecule has 1 aliphatic rings. The van der Waals surface area contributed by atoms with E-state index in [1.165, 1.54) is 0 Å². The first-order valence-corrected chi connectivity index (χ1v) is 18.5. The summed E-state index contributed by atoms with van der Waals surface area (Å²) in [6.07, 6.45) is -0.238. The van der Waals surface area contributed by atoms with Crippen molar-refractivity contribution < 1.29 is 67.3 Å². The van der Waals surface area contributed by atoms with Crippen LogP contribution in [-0.2, 0) is 63.8 Å². The maximum Gasteiger partial charge on any atom is 0.410 e. The normalized spacial score (nSPS) is 14.0. The average Bonchev–Trinajstić information content (AvgIpc) is 3.47. The second-order valence-corrected chi connectivity index (χ2v) is 15.0. The van der Waals surface area contributed by atoms with Gasteiger partial charge in [0, 0.05) is 18.6 Å². The second-order valence-electron chi connectivity index (χ2n) is 15.0. The maximum absolute atomic E-state index is 13.5. The lowest BCUT2D eigenvalue weighted by atomic mass is 10.1. The van der Waals surface area contributed by atoms with E-state index in [2.05, 4.69) is 26.6 Å². The van der Waals surface area contributed by atoms with E-state index in [0.717, 1.165) is 17.1 Å². The minimum Gasteiger partial charge on any atom is -0.479 e. The molecule has 0 aromatic heterocycles. The van der Waals surface area contributed by atoms with Gasteiger partial charge in [0.1, 0.15) is 36.6 Å². The number of imide groups is 1. The van der Waals surface area contributed by atoms with Crippen molar-refractivity contribution >= 4 is 59.4 Å². The van der Waals surface area contributed by atoms with Gasteiger partial charge in [-0.2, -0.15) is 0 Å². The predicted octanol–water partition coefficient (Wildman–Crippen LogP) is -1.11. The lowest BCUT2D eigenvalue weighted by Crippen LogP contribution is -2.57. The quantitative estimate of drug-likeness (QED) is 0.0487. The lowest BCUT2D eigenvalue weighted by molar-refractivity contribution is -0.156. The third-order valence-corrected chi connectivity index (χ3v) is 7.67. The van der Waals surface area contributed by atoms with Gasteiger partial charge in [-0.1, -0.05) is 37.3 Å². The van der Waals surface area contributed by atoms with Crippen LogP contribution in [-0.4, -0.2) is 143 Å². The Morgan fingerprint density at radius 1 is 0.746 bits per heavy atom. The fraction of sp³-hybridized carbons (Fsp3) is 0.526. The van der Waals surface area contributed by atoms with Gasteiger partial charge in [0.05, 0.1) is 26.2 Å². The molecular formula is C38H53N7O14. The van der Waals surface area contributed by atoms with E-state index in [-0.39, 0.29) is 12.8 Å². The van der Waals surface area contributed by atoms with Gasteiger partial charge in [0.25, 0.3) is 11.8 Å². The smallest absolute Gasteiger partial charge is 0.410 e. The number of hydrogen-bond donors (Lipinski definition) is 6. The summed E-state index contributed by atoms with van der Waals surface area (Å²) in [5, 5.41) is 20.8. The molecule has 3 atom stereocenters. The molecule has 21 heteroatoms. The van der Waals surface area contributed by atoms with Crippen LogP contribution in [0.2, 0.25) is 0 Å². The fourth-order valence-corrected chi connectivity index (χ4v) is 5.04. The Morgan fingerprint density at radius 2 is 1.29 bits per heavy atom. The molecule has 0 spiro atoms. The van der Waals surface area contributed by atoms with E-state index in [1.807, 2.05) is 0 Å². The average molecular weight is 832 g/mol. The molecule has 0 saturated heterocycles. The first-order valence-electron chi connectivity index (χ1n) is 18.5. The van der Waals surface area contributed by atoms with E-state index < -0.39 is 128 Å². The first-order chi connectivity index (χ1) is 27.5. The molecule has 0 saturated carbocycles. The van der Waals surface area contributed by atoms with Crippen LogP contribution in [0.3, 0.4) is 0 Å². The second kappa shape index (κ2) is 22.5. The SMILES string of the molecule is CCC(OCNC(=O)CNC(=O)[C@H](Cc1ccccc1)NC(=O)CNC(=O)CNC(=O)[C@H](CN(CC(=O)OC(C)(C)C)C(=O)OC(C)(C)C)N1C(=O)C=CC1=O)C(=O)O. The molecule has 1 aromatic carbocycles. The van der Waals surface area contributed by atoms with Crippen molar-refractivity contribution in [3.63, 3.8) is 0 Å². The van der Waals surface area contributed by atoms with Crippen LogP contribution >= 0.6 is 0 Å². The highest BCUT2D eigenvalue weighted by molar-refractivity contribution is 6.15. The zero-order chi connectivity index (χ0) is 44.5. The summed E-state index contributed by atoms with van der Waals surface area (Å²) < 4.78 is 15.8. The van der Waals surface area contributed by atoms with E-state index in [1.54, 1.807) is 78.8 Å². The Kier molecular flexibility index (Phi) is 18.6. The zero-order valence-electron chi connectivity index (χ0n) is 34.1. The van der Waals surface area contributed by atoms with E-state index >= 15 is 0 Å². The minimum absolute atomic E-state index is 0.0115. The van der Waals surface area contributed by atoms with Crippen LogP contribution in [0.15, 0.2) is 42.5 Å². The number of benzene rings is 1. The summed E-state index contributed by atoms with van der Waals surface area (Å²) >= 11 is 0. The number of aliphatic carboxylic acids is 1. The summed E-state index contributed by atoms with van der Waals surface area (Å²) in [6.45, 7) is 7.19. The van der Waals surface area contributed by atoms with Gasteiger partial charge in [-0.15, -0.1) is 0 Å². The molecule has 59 heavy (non-hydrogen) atoms. The van der Waals surface area contributed by atoms with E-state index in [4.69, 9.17) is 19.3 Å². The number of amides is 8. The first kappa shape index (κ1) is 48.8. The van der Waals surface area contributed by atoms with Crippen LogP contribution in [0.4, 0.5) is 4.79 Å². The number of esters is 1. The monoisotopic (exact) mass is 831 g/mol. The van der Waals surface area contributed by atoms with E-state index in [0.29, 0.717) is 10.5 Å². The maximum atomic E-state index is 13.5. The summed E-state index contributed by atoms with van der Waals surface area (Å²) in [5.41, 5.74) is -1.35. The number of carbonyl (C=O) groups excluding carboxylic acids is 9. The Labute approximate surface area is 340 Å². The van der Waals surface area contributed by atoms with Gasteiger partial charge >= 0.3 is 18.0 Å². The Morgan fingerprint density at radius 3 is 1.83 bits per heavy atom. The fourth-order valence-electron chi connectivity index (χ4n) is 5.04. The molecule has 1 unspecified atom stereocenters. The van der Waals surface area contributed by atoms with Gasteiger partial charge in [0.15, 0.2) is 6.10 Å². The van der Waals surface area contributed by atoms with Crippen molar-refractivity contribution in [3.8, 4) is 0 Å². The largest absolute Gasteiger partial charge is 0.479 e. The Balaban J connectivity index is 2.09. The molecule has 0 radical (unpaired) electrons. The summed E-state index contributed by atoms with van der Waals surface area (Å²) in [5.74, 6) is -8.14. The third-order valence-electron chi connectivity index (χ3n) is 7.67. The van der Waals surface area contributed by atoms with Crippen LogP contribution in [0.25, 0.3) is 0 Å². The minimum atomic E-state index is -1.75. The highest BCUT2D eigenvalue weighted by Gasteiger charge is 2.40. The predicted molar refractivity (Wildman–Crippen MR) is 205 cm³/mol. The molecule has 0 aliphatic carbocycles. The van der Waals surface area contributed by atoms with Crippen LogP contribution in [0.1, 0.15) is 60.5 Å². The summed E-state index contributed by atoms with van der Waals surface area (Å²) in [7, 11) is 0. The van der Waals surface area contributed by atoms with Gasteiger partial charge in [0.2, 0.25) is 29.5 Å². The third kappa shape index (κ3) is 18.2. The number of carbonyl (C=O) groups is 10. The number of ether oxygens (including phenoxy) is 3. The van der Waals surface area contributed by atoms with Gasteiger partial charge < -0.3 is 45.9 Å². The van der Waals surface area contributed by atoms with Crippen molar-refractivity contribution in [2.45, 2.75) is 90.7 Å². The summed E-state index contributed by atoms with van der Waals surface area (Å²) in [6, 6.07) is 5.59. The molecule has 324 valence electrons. The molecule has 21 nitrogen and oxygen atoms in total. The van der Waals surface area contributed by atoms with Crippen LogP contribution < -0.4 is 26.6 Å². The standard InChI is InChI=1S/C38H53N7O14/c1-8-26(35(54)55)57-22-42-28(47)18-40-33(52)24(16-23-12-10-9-11-13-23)43-29(48)19-39-27(46)17-41-34(53)25(45-30(49)14-15-31(45)50)20-44(36(56)59-38(5,6)7)21-32(51)58-37(2,3)4/h9-15,24-26H,8,16-22H2,1-7H3,(H,39,46)(H,40,52)(H,41,53)(H,42,47)(H,43,48)(H,54,55)/t24-,25-,26?/m0/s1. The Hall–Kier alpha value is -6.38. The van der Waals surface area contributed by atoms with Crippen LogP contribution in [0, 0.1) is 0 Å². The van der Waals surface area contributed by atoms with E-state index in [9.17, 15) is 47.9 Å². The van der Waals surface area contributed by atoms with Crippen molar-refractivity contribution in [1.82, 2.24) is 36.4 Å². The van der Waals surface area contributed by atoms with Crippen molar-refractivity contribution in [1.29, 1.82) is 0 Å². The molecule has 6 N–H and O–H groups in total. The number of carboxylic acids is 1. The summed E-state index contributed by atoms with van der Waals surface area (Å²) in [4.78, 5) is 128. The van der Waals surface area contributed by atoms with Crippen molar-refractivity contribution in [2.75, 3.05) is 39.5 Å². The highest BCUT2D eigenvalue weighted by Crippen LogP contribution is 2.16. The van der Waals surface area contributed by atoms with Gasteiger partial charge in [-0.3, -0.25) is 48.2 Å². The van der Waals surface area contributed by atoms with Crippen molar-refractivity contribution in [2.24, 2.45) is 0 Å². The van der Waals surface area contributed by atoms with Gasteiger partial charge in [-0.25, -0.2) is 9.59 Å². The lowest BCUT2D eigenvalue weighted by Gasteiger charge is -2.32. The highest BCUT2D eigenvalue weighted by atomic mass is 16.6. The number of nitrogens with one attached hydrogen (secondary N) is 5. The molecule has 0 bridgehead atoms. The Bertz CT molecular complexity index is 1740. The molecule has 2 rings (SSSR count). The number of nitrogens with zero attached hydrogens (tertiary/aromatic N) is 2. The topological polar surface area (TPSA) is 285 Å². The molecular weight excluding hydrogens is 778 g/mol. The number of rotatable bonds is 21.